The Morgan fingerprint density at radius 1 is 1.67 bits per heavy atom. The average Bonchev–Trinajstić information content (AvgIpc) is 2.08. The smallest absolute Gasteiger partial charge is 0.326 e. The van der Waals surface area contributed by atoms with Gasteiger partial charge in [-0.25, -0.2) is 0 Å². The molecule has 12 heavy (non-hydrogen) atoms. The Morgan fingerprint density at radius 3 is 2.92 bits per heavy atom. The van der Waals surface area contributed by atoms with E-state index in [0.29, 0.717) is 10.3 Å². The van der Waals surface area contributed by atoms with Crippen molar-refractivity contribution >= 4 is 35.3 Å². The van der Waals surface area contributed by atoms with Crippen LogP contribution in [0.3, 0.4) is 0 Å². The summed E-state index contributed by atoms with van der Waals surface area (Å²) in [6, 6.07) is 0. The summed E-state index contributed by atoms with van der Waals surface area (Å²) in [6.45, 7) is 1.98. The molecule has 0 radical (unpaired) electrons. The fraction of sp³-hybridized carbons (Fsp3) is 0.714. The van der Waals surface area contributed by atoms with Gasteiger partial charge >= 0.3 is 5.97 Å². The van der Waals surface area contributed by atoms with Crippen LogP contribution in [0.25, 0.3) is 0 Å². The Kier molecular flexibility index (Phi) is 3.46. The quantitative estimate of drug-likeness (QED) is 0.471. The van der Waals surface area contributed by atoms with E-state index in [1.165, 1.54) is 18.9 Å². The lowest BCUT2D eigenvalue weighted by molar-refractivity contribution is -0.142. The number of carbonyl (C=O) groups is 2. The van der Waals surface area contributed by atoms with Gasteiger partial charge in [0.05, 0.1) is 12.9 Å². The molecule has 1 heterocycles. The van der Waals surface area contributed by atoms with Gasteiger partial charge in [0.1, 0.15) is 0 Å². The first-order valence-corrected chi connectivity index (χ1v) is 5.52. The van der Waals surface area contributed by atoms with Crippen molar-refractivity contribution < 1.29 is 14.3 Å². The van der Waals surface area contributed by atoms with Crippen LogP contribution >= 0.6 is 23.5 Å². The highest BCUT2D eigenvalue weighted by atomic mass is 32.2. The summed E-state index contributed by atoms with van der Waals surface area (Å²) in [5, 5.41) is -0.591. The molecule has 0 aromatic heterocycles. The summed E-state index contributed by atoms with van der Waals surface area (Å²) in [4.78, 5) is 22.2. The monoisotopic (exact) mass is 206 g/mol. The van der Waals surface area contributed by atoms with Crippen molar-refractivity contribution in [2.24, 2.45) is 0 Å². The van der Waals surface area contributed by atoms with E-state index in [1.54, 1.807) is 11.8 Å². The molecule has 2 atom stereocenters. The maximum Gasteiger partial charge on any atom is 0.326 e. The molecule has 0 aliphatic carbocycles. The maximum absolute atomic E-state index is 11.2. The molecule has 0 spiro atoms. The number of ether oxygens (including phenoxy) is 1. The first-order chi connectivity index (χ1) is 5.65. The molecule has 0 aromatic carbocycles. The average molecular weight is 206 g/mol. The van der Waals surface area contributed by atoms with Crippen LogP contribution in [0.15, 0.2) is 0 Å². The molecule has 0 saturated carbocycles. The lowest BCUT2D eigenvalue weighted by Gasteiger charge is -2.22. The van der Waals surface area contributed by atoms with Gasteiger partial charge in [0, 0.05) is 4.58 Å². The Bertz CT molecular complexity index is 197. The van der Waals surface area contributed by atoms with Crippen LogP contribution < -0.4 is 0 Å². The summed E-state index contributed by atoms with van der Waals surface area (Å²) < 4.78 is 4.82. The normalized spacial score (nSPS) is 30.0. The highest BCUT2D eigenvalue weighted by Gasteiger charge is 2.33. The van der Waals surface area contributed by atoms with Crippen LogP contribution in [0.1, 0.15) is 6.92 Å². The molecular weight excluding hydrogens is 196 g/mol. The number of esters is 1. The SMILES string of the molecule is COC(=O)[C@H]1S[C@H](C)SCC1=O. The highest BCUT2D eigenvalue weighted by molar-refractivity contribution is 8.19. The second kappa shape index (κ2) is 4.18. The second-order valence-electron chi connectivity index (χ2n) is 2.38. The number of hydrogen-bond donors (Lipinski definition) is 0. The first-order valence-electron chi connectivity index (χ1n) is 3.52. The minimum absolute atomic E-state index is 0.0325. The molecule has 1 fully saturated rings. The second-order valence-corrected chi connectivity index (χ2v) is 5.46. The van der Waals surface area contributed by atoms with E-state index in [9.17, 15) is 9.59 Å². The molecule has 1 rings (SSSR count). The zero-order chi connectivity index (χ0) is 9.14. The summed E-state index contributed by atoms with van der Waals surface area (Å²) >= 11 is 2.93. The van der Waals surface area contributed by atoms with Crippen LogP contribution in [0.4, 0.5) is 0 Å². The van der Waals surface area contributed by atoms with Crippen LogP contribution in [-0.4, -0.2) is 34.4 Å². The van der Waals surface area contributed by atoms with Gasteiger partial charge in [0.25, 0.3) is 0 Å². The van der Waals surface area contributed by atoms with Crippen molar-refractivity contribution in [2.75, 3.05) is 12.9 Å². The predicted molar refractivity (Wildman–Crippen MR) is 50.3 cm³/mol. The first kappa shape index (κ1) is 9.92. The largest absolute Gasteiger partial charge is 0.468 e. The molecule has 3 nitrogen and oxygen atoms in total. The standard InChI is InChI=1S/C7H10O3S2/c1-4-11-3-5(8)6(12-4)7(9)10-2/h4,6H,3H2,1-2H3/t4-,6+/m1/s1. The van der Waals surface area contributed by atoms with Gasteiger partial charge in [0.15, 0.2) is 11.0 Å². The van der Waals surface area contributed by atoms with Crippen LogP contribution in [-0.2, 0) is 14.3 Å². The van der Waals surface area contributed by atoms with E-state index in [4.69, 9.17) is 0 Å². The van der Waals surface area contributed by atoms with Crippen molar-refractivity contribution in [3.63, 3.8) is 0 Å². The van der Waals surface area contributed by atoms with E-state index in [0.717, 1.165) is 0 Å². The van der Waals surface area contributed by atoms with Crippen molar-refractivity contribution in [2.45, 2.75) is 16.8 Å². The molecule has 0 amide bonds. The van der Waals surface area contributed by atoms with Crippen molar-refractivity contribution in [3.8, 4) is 0 Å². The molecule has 1 aliphatic rings. The molecule has 0 bridgehead atoms. The zero-order valence-electron chi connectivity index (χ0n) is 6.90. The van der Waals surface area contributed by atoms with E-state index in [-0.39, 0.29) is 5.78 Å². The Morgan fingerprint density at radius 2 is 2.33 bits per heavy atom. The third-order valence-corrected chi connectivity index (χ3v) is 4.27. The molecule has 0 aromatic rings. The molecule has 5 heteroatoms. The Hall–Kier alpha value is -0.160. The predicted octanol–water partition coefficient (Wildman–Crippen LogP) is 0.923. The number of methoxy groups -OCH3 is 1. The van der Waals surface area contributed by atoms with Crippen molar-refractivity contribution in [3.05, 3.63) is 0 Å². The van der Waals surface area contributed by atoms with Gasteiger partial charge in [-0.2, -0.15) is 0 Å². The number of rotatable bonds is 1. The molecule has 0 N–H and O–H groups in total. The third-order valence-electron chi connectivity index (χ3n) is 1.50. The van der Waals surface area contributed by atoms with Gasteiger partial charge in [-0.3, -0.25) is 9.59 Å². The topological polar surface area (TPSA) is 43.4 Å². The van der Waals surface area contributed by atoms with Gasteiger partial charge in [-0.15, -0.1) is 23.5 Å². The maximum atomic E-state index is 11.2. The fourth-order valence-electron chi connectivity index (χ4n) is 0.876. The number of carbonyl (C=O) groups excluding carboxylic acids is 2. The number of hydrogen-bond acceptors (Lipinski definition) is 5. The molecule has 0 unspecified atom stereocenters. The summed E-state index contributed by atoms with van der Waals surface area (Å²) in [7, 11) is 1.31. The minimum atomic E-state index is -0.591. The molecular formula is C7H10O3S2. The number of Topliss-reactive ketones (excluding diaryl/α,β-unsaturated/α-hetero) is 1. The number of ketones is 1. The Labute approximate surface area is 79.6 Å². The van der Waals surface area contributed by atoms with E-state index in [1.807, 2.05) is 6.92 Å². The minimum Gasteiger partial charge on any atom is -0.468 e. The summed E-state index contributed by atoms with van der Waals surface area (Å²) in [5.41, 5.74) is 0. The van der Waals surface area contributed by atoms with Gasteiger partial charge in [-0.05, 0) is 6.92 Å². The van der Waals surface area contributed by atoms with E-state index >= 15 is 0 Å². The number of thioether (sulfide) groups is 2. The lowest BCUT2D eigenvalue weighted by atomic mass is 10.3. The molecule has 1 aliphatic heterocycles. The van der Waals surface area contributed by atoms with Crippen LogP contribution in [0, 0.1) is 0 Å². The third kappa shape index (κ3) is 2.17. The summed E-state index contributed by atoms with van der Waals surface area (Å²) in [6.07, 6.45) is 0. The van der Waals surface area contributed by atoms with Crippen molar-refractivity contribution in [1.82, 2.24) is 0 Å². The van der Waals surface area contributed by atoms with Gasteiger partial charge in [-0.1, -0.05) is 0 Å². The van der Waals surface area contributed by atoms with Gasteiger partial charge in [0.2, 0.25) is 0 Å². The van der Waals surface area contributed by atoms with Crippen LogP contribution in [0.5, 0.6) is 0 Å². The van der Waals surface area contributed by atoms with E-state index in [2.05, 4.69) is 4.74 Å². The highest BCUT2D eigenvalue weighted by Crippen LogP contribution is 2.33. The Balaban J connectivity index is 2.60. The van der Waals surface area contributed by atoms with Crippen LogP contribution in [0.2, 0.25) is 0 Å². The fourth-order valence-corrected chi connectivity index (χ4v) is 3.22. The van der Waals surface area contributed by atoms with Crippen molar-refractivity contribution in [1.29, 1.82) is 0 Å². The lowest BCUT2D eigenvalue weighted by Crippen LogP contribution is -2.34. The molecule has 1 saturated heterocycles. The zero-order valence-corrected chi connectivity index (χ0v) is 8.54. The molecule has 68 valence electrons. The summed E-state index contributed by atoms with van der Waals surface area (Å²) in [5.74, 6) is -0.0272. The van der Waals surface area contributed by atoms with E-state index < -0.39 is 11.2 Å². The van der Waals surface area contributed by atoms with Gasteiger partial charge < -0.3 is 4.74 Å².